The number of nitrogen functional groups attached to an aromatic ring is 1. The van der Waals surface area contributed by atoms with Gasteiger partial charge in [0, 0.05) is 34.6 Å². The molecular formula is C15H13N3S. The Balaban J connectivity index is 2.04. The molecule has 3 aromatic rings. The lowest BCUT2D eigenvalue weighted by molar-refractivity contribution is 1.30. The highest BCUT2D eigenvalue weighted by Gasteiger charge is 2.09. The van der Waals surface area contributed by atoms with E-state index in [4.69, 9.17) is 5.73 Å². The molecule has 0 saturated carbocycles. The van der Waals surface area contributed by atoms with Crippen LogP contribution in [0.15, 0.2) is 48.1 Å². The first-order valence-corrected chi connectivity index (χ1v) is 6.84. The van der Waals surface area contributed by atoms with Crippen LogP contribution in [-0.4, -0.2) is 9.97 Å². The lowest BCUT2D eigenvalue weighted by atomic mass is 10.1. The molecule has 0 aliphatic heterocycles. The second kappa shape index (κ2) is 4.82. The maximum atomic E-state index is 5.85. The summed E-state index contributed by atoms with van der Waals surface area (Å²) in [5.74, 6) is 0. The van der Waals surface area contributed by atoms with E-state index in [-0.39, 0.29) is 0 Å². The van der Waals surface area contributed by atoms with Gasteiger partial charge in [0.25, 0.3) is 0 Å². The molecule has 2 heterocycles. The van der Waals surface area contributed by atoms with E-state index in [1.165, 1.54) is 5.56 Å². The molecule has 1 aromatic carbocycles. The molecule has 0 radical (unpaired) electrons. The zero-order valence-corrected chi connectivity index (χ0v) is 11.3. The van der Waals surface area contributed by atoms with Crippen LogP contribution in [0.2, 0.25) is 0 Å². The molecule has 0 amide bonds. The van der Waals surface area contributed by atoms with Crippen LogP contribution >= 0.6 is 11.3 Å². The molecule has 2 N–H and O–H groups in total. The summed E-state index contributed by atoms with van der Waals surface area (Å²) < 4.78 is 0. The van der Waals surface area contributed by atoms with Crippen molar-refractivity contribution in [2.75, 3.05) is 5.73 Å². The van der Waals surface area contributed by atoms with Gasteiger partial charge in [-0.2, -0.15) is 0 Å². The standard InChI is InChI=1S/C15H13N3S/c1-10-4-5-12(16)7-13(10)15-18-14(9-19-15)11-3-2-6-17-8-11/h2-9H,16H2,1H3. The summed E-state index contributed by atoms with van der Waals surface area (Å²) in [6, 6.07) is 9.84. The van der Waals surface area contributed by atoms with Gasteiger partial charge in [0.1, 0.15) is 5.01 Å². The third-order valence-corrected chi connectivity index (χ3v) is 3.83. The molecule has 4 heteroatoms. The van der Waals surface area contributed by atoms with Gasteiger partial charge in [-0.3, -0.25) is 4.98 Å². The number of aryl methyl sites for hydroxylation is 1. The van der Waals surface area contributed by atoms with E-state index < -0.39 is 0 Å². The van der Waals surface area contributed by atoms with Crippen LogP contribution in [-0.2, 0) is 0 Å². The number of rotatable bonds is 2. The second-order valence-electron chi connectivity index (χ2n) is 4.35. The highest BCUT2D eigenvalue weighted by molar-refractivity contribution is 7.13. The number of aromatic nitrogens is 2. The first-order chi connectivity index (χ1) is 9.24. The Morgan fingerprint density at radius 3 is 2.89 bits per heavy atom. The fourth-order valence-corrected chi connectivity index (χ4v) is 2.82. The van der Waals surface area contributed by atoms with E-state index in [2.05, 4.69) is 22.3 Å². The predicted octanol–water partition coefficient (Wildman–Crippen LogP) is 3.76. The Morgan fingerprint density at radius 2 is 2.11 bits per heavy atom. The van der Waals surface area contributed by atoms with Gasteiger partial charge in [0.05, 0.1) is 5.69 Å². The molecule has 94 valence electrons. The van der Waals surface area contributed by atoms with Crippen LogP contribution in [0.5, 0.6) is 0 Å². The molecule has 0 fully saturated rings. The quantitative estimate of drug-likeness (QED) is 0.719. The molecule has 0 bridgehead atoms. The summed E-state index contributed by atoms with van der Waals surface area (Å²) in [7, 11) is 0. The number of hydrogen-bond acceptors (Lipinski definition) is 4. The predicted molar refractivity (Wildman–Crippen MR) is 79.9 cm³/mol. The molecule has 0 saturated heterocycles. The lowest BCUT2D eigenvalue weighted by Crippen LogP contribution is -1.88. The number of thiazole rings is 1. The van der Waals surface area contributed by atoms with Crippen LogP contribution < -0.4 is 5.73 Å². The third-order valence-electron chi connectivity index (χ3n) is 2.95. The van der Waals surface area contributed by atoms with Crippen molar-refractivity contribution in [3.05, 3.63) is 53.7 Å². The minimum atomic E-state index is 0.763. The van der Waals surface area contributed by atoms with Crippen molar-refractivity contribution < 1.29 is 0 Å². The van der Waals surface area contributed by atoms with Crippen molar-refractivity contribution in [1.82, 2.24) is 9.97 Å². The minimum absolute atomic E-state index is 0.763. The highest BCUT2D eigenvalue weighted by Crippen LogP contribution is 2.31. The van der Waals surface area contributed by atoms with Crippen molar-refractivity contribution in [2.45, 2.75) is 6.92 Å². The van der Waals surface area contributed by atoms with Crippen molar-refractivity contribution in [1.29, 1.82) is 0 Å². The number of hydrogen-bond donors (Lipinski definition) is 1. The van der Waals surface area contributed by atoms with Crippen LogP contribution in [0.1, 0.15) is 5.56 Å². The number of nitrogens with two attached hydrogens (primary N) is 1. The van der Waals surface area contributed by atoms with E-state index in [1.807, 2.05) is 36.5 Å². The molecule has 3 nitrogen and oxygen atoms in total. The number of nitrogens with zero attached hydrogens (tertiary/aromatic N) is 2. The smallest absolute Gasteiger partial charge is 0.124 e. The first-order valence-electron chi connectivity index (χ1n) is 5.96. The average molecular weight is 267 g/mol. The summed E-state index contributed by atoms with van der Waals surface area (Å²) >= 11 is 1.63. The van der Waals surface area contributed by atoms with Crippen LogP contribution in [0.4, 0.5) is 5.69 Å². The number of benzene rings is 1. The maximum Gasteiger partial charge on any atom is 0.124 e. The van der Waals surface area contributed by atoms with Gasteiger partial charge in [0.15, 0.2) is 0 Å². The monoisotopic (exact) mass is 267 g/mol. The summed E-state index contributed by atoms with van der Waals surface area (Å²) in [6.07, 6.45) is 3.59. The maximum absolute atomic E-state index is 5.85. The normalized spacial score (nSPS) is 10.6. The van der Waals surface area contributed by atoms with Gasteiger partial charge in [0.2, 0.25) is 0 Å². The number of anilines is 1. The molecule has 0 spiro atoms. The van der Waals surface area contributed by atoms with Crippen molar-refractivity contribution >= 4 is 17.0 Å². The second-order valence-corrected chi connectivity index (χ2v) is 5.21. The zero-order valence-electron chi connectivity index (χ0n) is 10.5. The summed E-state index contributed by atoms with van der Waals surface area (Å²) in [6.45, 7) is 2.07. The molecule has 0 atom stereocenters. The third kappa shape index (κ3) is 2.35. The Hall–Kier alpha value is -2.20. The Labute approximate surface area is 115 Å². The average Bonchev–Trinajstić information content (AvgIpc) is 2.92. The van der Waals surface area contributed by atoms with E-state index >= 15 is 0 Å². The van der Waals surface area contributed by atoms with E-state index in [0.717, 1.165) is 27.5 Å². The first kappa shape index (κ1) is 11.9. The van der Waals surface area contributed by atoms with Gasteiger partial charge in [-0.15, -0.1) is 11.3 Å². The van der Waals surface area contributed by atoms with Gasteiger partial charge in [-0.1, -0.05) is 6.07 Å². The van der Waals surface area contributed by atoms with Gasteiger partial charge < -0.3 is 5.73 Å². The topological polar surface area (TPSA) is 51.8 Å². The summed E-state index contributed by atoms with van der Waals surface area (Å²) in [5, 5.41) is 3.04. The molecule has 2 aromatic heterocycles. The molecule has 3 rings (SSSR count). The summed E-state index contributed by atoms with van der Waals surface area (Å²) in [5.41, 5.74) is 10.9. The largest absolute Gasteiger partial charge is 0.399 e. The van der Waals surface area contributed by atoms with Crippen molar-refractivity contribution in [3.63, 3.8) is 0 Å². The van der Waals surface area contributed by atoms with Crippen molar-refractivity contribution in [2.24, 2.45) is 0 Å². The minimum Gasteiger partial charge on any atom is -0.399 e. The molecule has 0 unspecified atom stereocenters. The van der Waals surface area contributed by atoms with Gasteiger partial charge in [-0.05, 0) is 36.8 Å². The van der Waals surface area contributed by atoms with E-state index in [1.54, 1.807) is 17.5 Å². The fourth-order valence-electron chi connectivity index (χ4n) is 1.91. The Morgan fingerprint density at radius 1 is 1.21 bits per heavy atom. The Bertz CT molecular complexity index is 704. The van der Waals surface area contributed by atoms with Crippen LogP contribution in [0.25, 0.3) is 21.8 Å². The van der Waals surface area contributed by atoms with Crippen LogP contribution in [0.3, 0.4) is 0 Å². The lowest BCUT2D eigenvalue weighted by Gasteiger charge is -2.03. The van der Waals surface area contributed by atoms with Gasteiger partial charge in [-0.25, -0.2) is 4.98 Å². The van der Waals surface area contributed by atoms with Crippen LogP contribution in [0, 0.1) is 6.92 Å². The number of pyridine rings is 1. The van der Waals surface area contributed by atoms with Crippen molar-refractivity contribution in [3.8, 4) is 21.8 Å². The zero-order chi connectivity index (χ0) is 13.2. The molecular weight excluding hydrogens is 254 g/mol. The Kier molecular flexibility index (Phi) is 3.01. The van der Waals surface area contributed by atoms with E-state index in [9.17, 15) is 0 Å². The highest BCUT2D eigenvalue weighted by atomic mass is 32.1. The molecule has 19 heavy (non-hydrogen) atoms. The fraction of sp³-hybridized carbons (Fsp3) is 0.0667. The van der Waals surface area contributed by atoms with E-state index in [0.29, 0.717) is 0 Å². The summed E-state index contributed by atoms with van der Waals surface area (Å²) in [4.78, 5) is 8.80. The SMILES string of the molecule is Cc1ccc(N)cc1-c1nc(-c2cccnc2)cs1. The molecule has 0 aliphatic carbocycles. The molecule has 0 aliphatic rings. The van der Waals surface area contributed by atoms with Gasteiger partial charge >= 0.3 is 0 Å².